The molecule has 0 amide bonds. The van der Waals surface area contributed by atoms with Gasteiger partial charge in [-0.2, -0.15) is 0 Å². The summed E-state index contributed by atoms with van der Waals surface area (Å²) < 4.78 is 25.1. The number of hydrogen-bond acceptors (Lipinski definition) is 5. The minimum atomic E-state index is -3.46. The van der Waals surface area contributed by atoms with Gasteiger partial charge in [-0.25, -0.2) is 12.7 Å². The summed E-state index contributed by atoms with van der Waals surface area (Å²) in [6.07, 6.45) is 0.708. The van der Waals surface area contributed by atoms with Crippen molar-refractivity contribution in [1.29, 1.82) is 0 Å². The van der Waals surface area contributed by atoms with Crippen LogP contribution in [0.5, 0.6) is 0 Å². The average molecular weight is 301 g/mol. The molecule has 0 spiro atoms. The topological polar surface area (TPSA) is 95.7 Å². The van der Waals surface area contributed by atoms with Crippen LogP contribution in [-0.4, -0.2) is 45.1 Å². The van der Waals surface area contributed by atoms with Gasteiger partial charge in [0.1, 0.15) is 0 Å². The fraction of sp³-hybridized carbons (Fsp3) is 0.538. The van der Waals surface area contributed by atoms with Crippen molar-refractivity contribution in [1.82, 2.24) is 4.31 Å². The van der Waals surface area contributed by atoms with Crippen LogP contribution in [-0.2, 0) is 10.0 Å². The van der Waals surface area contributed by atoms with E-state index in [1.165, 1.54) is 26.2 Å². The molecule has 20 heavy (non-hydrogen) atoms. The van der Waals surface area contributed by atoms with E-state index in [2.05, 4.69) is 5.32 Å². The van der Waals surface area contributed by atoms with Gasteiger partial charge in [-0.1, -0.05) is 6.92 Å². The first-order valence-electron chi connectivity index (χ1n) is 6.45. The smallest absolute Gasteiger partial charge is 0.242 e. The second-order valence-electron chi connectivity index (χ2n) is 5.03. The van der Waals surface area contributed by atoms with Gasteiger partial charge in [-0.3, -0.25) is 0 Å². The Bertz CT molecular complexity index is 544. The Morgan fingerprint density at radius 3 is 2.55 bits per heavy atom. The summed E-state index contributed by atoms with van der Waals surface area (Å²) in [6, 6.07) is 4.65. The fourth-order valence-corrected chi connectivity index (χ4v) is 2.62. The van der Waals surface area contributed by atoms with Crippen LogP contribution < -0.4 is 11.1 Å². The fourth-order valence-electron chi connectivity index (χ4n) is 1.68. The van der Waals surface area contributed by atoms with Crippen LogP contribution in [0.2, 0.25) is 0 Å². The van der Waals surface area contributed by atoms with E-state index in [9.17, 15) is 8.42 Å². The molecular formula is C13H23N3O3S. The summed E-state index contributed by atoms with van der Waals surface area (Å²) in [4.78, 5) is 0.175. The first-order chi connectivity index (χ1) is 9.28. The van der Waals surface area contributed by atoms with Crippen LogP contribution in [0.25, 0.3) is 0 Å². The number of hydrogen-bond donors (Lipinski definition) is 3. The van der Waals surface area contributed by atoms with Crippen LogP contribution >= 0.6 is 0 Å². The largest absolute Gasteiger partial charge is 0.397 e. The van der Waals surface area contributed by atoms with Gasteiger partial charge < -0.3 is 16.2 Å². The third kappa shape index (κ3) is 4.09. The molecule has 1 rings (SSSR count). The zero-order valence-corrected chi connectivity index (χ0v) is 12.9. The van der Waals surface area contributed by atoms with Crippen LogP contribution in [0, 0.1) is 5.92 Å². The SMILES string of the molecule is CC(CCO)CNc1ccc(S(=O)(=O)N(C)C)cc1N. The third-order valence-corrected chi connectivity index (χ3v) is 4.88. The number of benzene rings is 1. The third-order valence-electron chi connectivity index (χ3n) is 3.06. The Morgan fingerprint density at radius 2 is 2.05 bits per heavy atom. The molecule has 7 heteroatoms. The van der Waals surface area contributed by atoms with E-state index in [0.29, 0.717) is 30.3 Å². The molecule has 114 valence electrons. The maximum Gasteiger partial charge on any atom is 0.242 e. The predicted molar refractivity (Wildman–Crippen MR) is 81.1 cm³/mol. The van der Waals surface area contributed by atoms with Crippen LogP contribution in [0.4, 0.5) is 11.4 Å². The maximum absolute atomic E-state index is 12.0. The number of sulfonamides is 1. The molecule has 0 aliphatic heterocycles. The Hall–Kier alpha value is -1.31. The molecule has 0 heterocycles. The van der Waals surface area contributed by atoms with E-state index in [0.717, 1.165) is 4.31 Å². The molecule has 0 fully saturated rings. The number of rotatable bonds is 7. The molecule has 0 aliphatic rings. The second kappa shape index (κ2) is 6.92. The Labute approximate surface area is 120 Å². The molecule has 0 bridgehead atoms. The summed E-state index contributed by atoms with van der Waals surface area (Å²) in [7, 11) is -0.503. The second-order valence-corrected chi connectivity index (χ2v) is 7.19. The highest BCUT2D eigenvalue weighted by Crippen LogP contribution is 2.24. The minimum Gasteiger partial charge on any atom is -0.397 e. The molecule has 4 N–H and O–H groups in total. The Morgan fingerprint density at radius 1 is 1.40 bits per heavy atom. The maximum atomic E-state index is 12.0. The van der Waals surface area contributed by atoms with Gasteiger partial charge in [0.2, 0.25) is 10.0 Å². The van der Waals surface area contributed by atoms with Gasteiger partial charge in [0.15, 0.2) is 0 Å². The Balaban J connectivity index is 2.84. The lowest BCUT2D eigenvalue weighted by molar-refractivity contribution is 0.266. The molecule has 1 unspecified atom stereocenters. The molecular weight excluding hydrogens is 278 g/mol. The number of anilines is 2. The average Bonchev–Trinajstić information content (AvgIpc) is 2.37. The minimum absolute atomic E-state index is 0.151. The van der Waals surface area contributed by atoms with Crippen LogP contribution in [0.15, 0.2) is 23.1 Å². The number of nitrogens with one attached hydrogen (secondary N) is 1. The van der Waals surface area contributed by atoms with Gasteiger partial charge in [0.05, 0.1) is 16.3 Å². The van der Waals surface area contributed by atoms with E-state index in [1.54, 1.807) is 6.07 Å². The normalized spacial score (nSPS) is 13.4. The van der Waals surface area contributed by atoms with Crippen molar-refractivity contribution in [3.63, 3.8) is 0 Å². The van der Waals surface area contributed by atoms with Crippen molar-refractivity contribution in [3.05, 3.63) is 18.2 Å². The van der Waals surface area contributed by atoms with E-state index in [1.807, 2.05) is 6.92 Å². The van der Waals surface area contributed by atoms with E-state index >= 15 is 0 Å². The van der Waals surface area contributed by atoms with E-state index in [-0.39, 0.29) is 11.5 Å². The summed E-state index contributed by atoms with van der Waals surface area (Å²) in [5.74, 6) is 0.310. The van der Waals surface area contributed by atoms with Gasteiger partial charge in [-0.05, 0) is 30.5 Å². The highest BCUT2D eigenvalue weighted by Gasteiger charge is 2.18. The zero-order chi connectivity index (χ0) is 15.3. The molecule has 1 atom stereocenters. The van der Waals surface area contributed by atoms with E-state index < -0.39 is 10.0 Å². The van der Waals surface area contributed by atoms with Gasteiger partial charge in [-0.15, -0.1) is 0 Å². The first kappa shape index (κ1) is 16.7. The lowest BCUT2D eigenvalue weighted by Gasteiger charge is -2.16. The number of nitrogen functional groups attached to an aromatic ring is 1. The number of aliphatic hydroxyl groups is 1. The van der Waals surface area contributed by atoms with Gasteiger partial charge in [0.25, 0.3) is 0 Å². The lowest BCUT2D eigenvalue weighted by Crippen LogP contribution is -2.22. The summed E-state index contributed by atoms with van der Waals surface area (Å²) in [5.41, 5.74) is 6.98. The lowest BCUT2D eigenvalue weighted by atomic mass is 10.1. The zero-order valence-electron chi connectivity index (χ0n) is 12.1. The standard InChI is InChI=1S/C13H23N3O3S/c1-10(6-7-17)9-15-13-5-4-11(8-12(13)14)20(18,19)16(2)3/h4-5,8,10,15,17H,6-7,9,14H2,1-3H3. The van der Waals surface area contributed by atoms with Crippen LogP contribution in [0.3, 0.4) is 0 Å². The van der Waals surface area contributed by atoms with Gasteiger partial charge in [0, 0.05) is 27.2 Å². The van der Waals surface area contributed by atoms with Crippen molar-refractivity contribution in [2.45, 2.75) is 18.2 Å². The summed E-state index contributed by atoms with van der Waals surface area (Å²) in [6.45, 7) is 2.84. The summed E-state index contributed by atoms with van der Waals surface area (Å²) >= 11 is 0. The molecule has 0 aliphatic carbocycles. The molecule has 6 nitrogen and oxygen atoms in total. The first-order valence-corrected chi connectivity index (χ1v) is 7.89. The molecule has 0 radical (unpaired) electrons. The summed E-state index contributed by atoms with van der Waals surface area (Å²) in [5, 5.41) is 12.0. The molecule has 1 aromatic carbocycles. The highest BCUT2D eigenvalue weighted by molar-refractivity contribution is 7.89. The highest BCUT2D eigenvalue weighted by atomic mass is 32.2. The Kier molecular flexibility index (Phi) is 5.79. The molecule has 0 saturated heterocycles. The molecule has 1 aromatic rings. The monoisotopic (exact) mass is 301 g/mol. The van der Waals surface area contributed by atoms with Crippen molar-refractivity contribution in [2.75, 3.05) is 38.3 Å². The van der Waals surface area contributed by atoms with Crippen molar-refractivity contribution >= 4 is 21.4 Å². The van der Waals surface area contributed by atoms with Crippen LogP contribution in [0.1, 0.15) is 13.3 Å². The molecule has 0 aromatic heterocycles. The predicted octanol–water partition coefficient (Wildman–Crippen LogP) is 0.949. The quantitative estimate of drug-likeness (QED) is 0.652. The van der Waals surface area contributed by atoms with Crippen molar-refractivity contribution in [3.8, 4) is 0 Å². The van der Waals surface area contributed by atoms with Crippen molar-refractivity contribution in [2.24, 2.45) is 5.92 Å². The number of nitrogens with zero attached hydrogens (tertiary/aromatic N) is 1. The van der Waals surface area contributed by atoms with Gasteiger partial charge >= 0.3 is 0 Å². The van der Waals surface area contributed by atoms with E-state index in [4.69, 9.17) is 10.8 Å². The molecule has 0 saturated carbocycles. The number of nitrogens with two attached hydrogens (primary N) is 1. The number of aliphatic hydroxyl groups excluding tert-OH is 1. The van der Waals surface area contributed by atoms with Crippen molar-refractivity contribution < 1.29 is 13.5 Å².